The summed E-state index contributed by atoms with van der Waals surface area (Å²) in [5, 5.41) is 15.2. The third-order valence-electron chi connectivity index (χ3n) is 5.45. The number of halogens is 1. The van der Waals surface area contributed by atoms with Crippen LogP contribution in [0.5, 0.6) is 0 Å². The maximum absolute atomic E-state index is 12.1. The van der Waals surface area contributed by atoms with E-state index in [0.717, 1.165) is 63.5 Å². The zero-order valence-corrected chi connectivity index (χ0v) is 18.0. The second-order valence-corrected chi connectivity index (χ2v) is 8.89. The van der Waals surface area contributed by atoms with E-state index >= 15 is 0 Å². The fraction of sp³-hybridized carbons (Fsp3) is 0.286. The van der Waals surface area contributed by atoms with E-state index in [2.05, 4.69) is 16.8 Å². The summed E-state index contributed by atoms with van der Waals surface area (Å²) in [6.45, 7) is 3.64. The van der Waals surface area contributed by atoms with E-state index in [1.807, 2.05) is 24.3 Å². The number of fused-ring (bicyclic) bond motifs is 2. The normalized spacial score (nSPS) is 16.8. The Morgan fingerprint density at radius 2 is 2.23 bits per heavy atom. The van der Waals surface area contributed by atoms with E-state index in [1.165, 1.54) is 18.0 Å². The average Bonchev–Trinajstić information content (AvgIpc) is 3.31. The Bertz CT molecular complexity index is 1260. The Labute approximate surface area is 182 Å². The van der Waals surface area contributed by atoms with Crippen LogP contribution in [0, 0.1) is 5.21 Å². The first-order valence-electron chi connectivity index (χ1n) is 9.92. The van der Waals surface area contributed by atoms with Gasteiger partial charge in [-0.2, -0.15) is 4.73 Å². The molecule has 5 rings (SSSR count). The van der Waals surface area contributed by atoms with Crippen molar-refractivity contribution in [2.45, 2.75) is 35.9 Å². The van der Waals surface area contributed by atoms with E-state index in [-0.39, 0.29) is 6.04 Å². The molecule has 1 saturated heterocycles. The Kier molecular flexibility index (Phi) is 4.92. The van der Waals surface area contributed by atoms with Crippen molar-refractivity contribution in [1.29, 1.82) is 0 Å². The van der Waals surface area contributed by atoms with Crippen molar-refractivity contribution in [3.8, 4) is 0 Å². The van der Waals surface area contributed by atoms with E-state index in [0.29, 0.717) is 15.7 Å². The van der Waals surface area contributed by atoms with Crippen LogP contribution in [0.1, 0.15) is 19.0 Å². The number of H-pyrrole nitrogens is 1. The molecule has 1 aromatic carbocycles. The average molecular weight is 441 g/mol. The molecule has 30 heavy (non-hydrogen) atoms. The lowest BCUT2D eigenvalue weighted by Crippen LogP contribution is -2.27. The van der Waals surface area contributed by atoms with Gasteiger partial charge in [-0.05, 0) is 42.8 Å². The maximum Gasteiger partial charge on any atom is 0.224 e. The summed E-state index contributed by atoms with van der Waals surface area (Å²) in [5.74, 6) is 0.816. The van der Waals surface area contributed by atoms with Crippen LogP contribution in [0.2, 0.25) is 5.02 Å². The van der Waals surface area contributed by atoms with Crippen LogP contribution in [0.25, 0.3) is 21.9 Å². The van der Waals surface area contributed by atoms with Crippen molar-refractivity contribution in [2.24, 2.45) is 5.73 Å². The lowest BCUT2D eigenvalue weighted by molar-refractivity contribution is -0.577. The number of nitrogens with one attached hydrogen (secondary N) is 1. The topological polar surface area (TPSA) is 97.8 Å². The first kappa shape index (κ1) is 19.4. The van der Waals surface area contributed by atoms with Gasteiger partial charge in [0.15, 0.2) is 11.4 Å². The molecule has 7 nitrogen and oxygen atoms in total. The van der Waals surface area contributed by atoms with Crippen LogP contribution < -0.4 is 15.4 Å². The lowest BCUT2D eigenvalue weighted by Gasteiger charge is -2.18. The fourth-order valence-electron chi connectivity index (χ4n) is 3.90. The van der Waals surface area contributed by atoms with Gasteiger partial charge in [-0.3, -0.25) is 0 Å². The predicted molar refractivity (Wildman–Crippen MR) is 120 cm³/mol. The molecule has 154 valence electrons. The highest BCUT2D eigenvalue weighted by molar-refractivity contribution is 7.99. The number of aryl methyl sites for hydroxylation is 1. The Morgan fingerprint density at radius 1 is 1.37 bits per heavy atom. The van der Waals surface area contributed by atoms with Crippen LogP contribution in [-0.4, -0.2) is 34.1 Å². The molecule has 4 aromatic rings. The van der Waals surface area contributed by atoms with Crippen molar-refractivity contribution in [3.05, 3.63) is 52.5 Å². The molecule has 1 aliphatic heterocycles. The van der Waals surface area contributed by atoms with Gasteiger partial charge in [-0.15, -0.1) is 0 Å². The Balaban J connectivity index is 1.60. The third kappa shape index (κ3) is 3.34. The number of nitrogens with two attached hydrogens (primary N) is 1. The van der Waals surface area contributed by atoms with Gasteiger partial charge in [0.05, 0.1) is 10.4 Å². The first-order chi connectivity index (χ1) is 14.5. The van der Waals surface area contributed by atoms with Crippen LogP contribution in [0.15, 0.2) is 46.6 Å². The molecule has 1 aliphatic rings. The molecule has 1 fully saturated rings. The second-order valence-electron chi connectivity index (χ2n) is 7.48. The summed E-state index contributed by atoms with van der Waals surface area (Å²) < 4.78 is 0.874. The molecule has 0 saturated carbocycles. The van der Waals surface area contributed by atoms with Crippen molar-refractivity contribution < 1.29 is 4.73 Å². The summed E-state index contributed by atoms with van der Waals surface area (Å²) in [6.07, 6.45) is 3.21. The van der Waals surface area contributed by atoms with Gasteiger partial charge < -0.3 is 20.8 Å². The standard InChI is InChI=1S/C21H21ClN6OS/c1-2-15-18(22)17-19(24-15)25-21(26-20(17)27-9-7-13(23)11-27)30-14-6-5-12-4-3-8-28(29)16(12)10-14/h3-6,8,10,13H,2,7,9,11,23H2,1H3,(H,24,25,26)/t13-/m0/s1. The molecule has 9 heteroatoms. The monoisotopic (exact) mass is 440 g/mol. The minimum atomic E-state index is 0.127. The molecule has 0 bridgehead atoms. The molecule has 0 aliphatic carbocycles. The molecular weight excluding hydrogens is 420 g/mol. The predicted octanol–water partition coefficient (Wildman–Crippen LogP) is 3.65. The molecule has 3 N–H and O–H groups in total. The quantitative estimate of drug-likeness (QED) is 0.285. The number of aromatic amines is 1. The van der Waals surface area contributed by atoms with Crippen LogP contribution in [-0.2, 0) is 6.42 Å². The molecule has 0 radical (unpaired) electrons. The zero-order valence-electron chi connectivity index (χ0n) is 16.4. The zero-order chi connectivity index (χ0) is 20.8. The SMILES string of the molecule is CCc1[nH]c2nc(Sc3ccc4ccc[n+]([O-])c4c3)nc(N3CC[C@H](N)C3)c2c1Cl. The van der Waals surface area contributed by atoms with Crippen LogP contribution in [0.3, 0.4) is 0 Å². The first-order valence-corrected chi connectivity index (χ1v) is 11.1. The number of hydrogen-bond acceptors (Lipinski definition) is 6. The third-order valence-corrected chi connectivity index (χ3v) is 6.72. The number of rotatable bonds is 4. The van der Waals surface area contributed by atoms with Crippen LogP contribution in [0.4, 0.5) is 5.82 Å². The van der Waals surface area contributed by atoms with E-state index in [9.17, 15) is 5.21 Å². The number of nitrogens with zero attached hydrogens (tertiary/aromatic N) is 4. The largest absolute Gasteiger partial charge is 0.618 e. The van der Waals surface area contributed by atoms with Gasteiger partial charge in [0.1, 0.15) is 11.5 Å². The molecule has 0 unspecified atom stereocenters. The highest BCUT2D eigenvalue weighted by Crippen LogP contribution is 2.37. The minimum Gasteiger partial charge on any atom is -0.618 e. The number of benzene rings is 1. The fourth-order valence-corrected chi connectivity index (χ4v) is 5.04. The number of pyridine rings is 1. The number of anilines is 1. The summed E-state index contributed by atoms with van der Waals surface area (Å²) >= 11 is 8.09. The van der Waals surface area contributed by atoms with Gasteiger partial charge in [0, 0.05) is 47.2 Å². The molecule has 0 spiro atoms. The van der Waals surface area contributed by atoms with Crippen molar-refractivity contribution in [3.63, 3.8) is 0 Å². The highest BCUT2D eigenvalue weighted by atomic mass is 35.5. The van der Waals surface area contributed by atoms with E-state index < -0.39 is 0 Å². The second kappa shape index (κ2) is 7.61. The number of hydrogen-bond donors (Lipinski definition) is 2. The lowest BCUT2D eigenvalue weighted by atomic mass is 10.2. The summed E-state index contributed by atoms with van der Waals surface area (Å²) in [4.78, 5) is 16.0. The molecule has 3 aromatic heterocycles. The molecular formula is C21H21ClN6OS. The van der Waals surface area contributed by atoms with Crippen molar-refractivity contribution >= 4 is 51.1 Å². The Morgan fingerprint density at radius 3 is 3.00 bits per heavy atom. The number of aromatic nitrogens is 4. The summed E-state index contributed by atoms with van der Waals surface area (Å²) in [5.41, 5.74) is 8.43. The van der Waals surface area contributed by atoms with Gasteiger partial charge in [-0.25, -0.2) is 9.97 Å². The molecule has 0 amide bonds. The molecule has 4 heterocycles. The smallest absolute Gasteiger partial charge is 0.224 e. The van der Waals surface area contributed by atoms with Gasteiger partial charge in [0.2, 0.25) is 5.52 Å². The van der Waals surface area contributed by atoms with Crippen molar-refractivity contribution in [2.75, 3.05) is 18.0 Å². The van der Waals surface area contributed by atoms with Gasteiger partial charge >= 0.3 is 0 Å². The highest BCUT2D eigenvalue weighted by Gasteiger charge is 2.26. The molecule has 1 atom stereocenters. The maximum atomic E-state index is 12.1. The van der Waals surface area contributed by atoms with Crippen molar-refractivity contribution in [1.82, 2.24) is 15.0 Å². The Hall–Kier alpha value is -2.55. The summed E-state index contributed by atoms with van der Waals surface area (Å²) in [6, 6.07) is 9.57. The summed E-state index contributed by atoms with van der Waals surface area (Å²) in [7, 11) is 0. The minimum absolute atomic E-state index is 0.127. The van der Waals surface area contributed by atoms with E-state index in [1.54, 1.807) is 6.07 Å². The van der Waals surface area contributed by atoms with Gasteiger partial charge in [-0.1, -0.05) is 18.5 Å². The van der Waals surface area contributed by atoms with Crippen LogP contribution >= 0.6 is 23.4 Å². The van der Waals surface area contributed by atoms with Gasteiger partial charge in [0.25, 0.3) is 0 Å². The van der Waals surface area contributed by atoms with E-state index in [4.69, 9.17) is 27.3 Å².